The molecule has 7 heteroatoms. The summed E-state index contributed by atoms with van der Waals surface area (Å²) in [6.07, 6.45) is 3.76. The first kappa shape index (κ1) is 21.6. The molecule has 0 unspecified atom stereocenters. The monoisotopic (exact) mass is 497 g/mol. The predicted octanol–water partition coefficient (Wildman–Crippen LogP) is 5.06. The normalized spacial score (nSPS) is 11.7. The molecule has 27 heavy (non-hydrogen) atoms. The van der Waals surface area contributed by atoms with Gasteiger partial charge in [0.25, 0.3) is 0 Å². The molecule has 2 aromatic rings. The Morgan fingerprint density at radius 1 is 1.26 bits per heavy atom. The third kappa shape index (κ3) is 7.42. The standard InChI is InChI=1S/C20H24IN3O2S/c1-3-4-10-26-19-17(21)11-16(12-18(19)25-2)13-23-24-20(22)27-14-15-8-6-5-7-9-15/h5-9,11-13H,3-4,10,14H2,1-2H3,(H2,22,24). The number of halogens is 1. The van der Waals surface area contributed by atoms with E-state index in [4.69, 9.17) is 15.2 Å². The highest BCUT2D eigenvalue weighted by molar-refractivity contribution is 14.1. The number of hydrogen-bond acceptors (Lipinski definition) is 5. The summed E-state index contributed by atoms with van der Waals surface area (Å²) in [5, 5.41) is 8.58. The Balaban J connectivity index is 1.99. The molecule has 5 nitrogen and oxygen atoms in total. The fraction of sp³-hybridized carbons (Fsp3) is 0.300. The van der Waals surface area contributed by atoms with Crippen LogP contribution in [0, 0.1) is 3.57 Å². The van der Waals surface area contributed by atoms with Gasteiger partial charge in [-0.2, -0.15) is 5.10 Å². The maximum Gasteiger partial charge on any atom is 0.180 e. The molecular weight excluding hydrogens is 473 g/mol. The molecule has 0 aliphatic heterocycles. The maximum absolute atomic E-state index is 5.92. The Morgan fingerprint density at radius 2 is 2.04 bits per heavy atom. The van der Waals surface area contributed by atoms with Gasteiger partial charge in [0.2, 0.25) is 0 Å². The largest absolute Gasteiger partial charge is 0.493 e. The van der Waals surface area contributed by atoms with Crippen LogP contribution in [0.4, 0.5) is 0 Å². The van der Waals surface area contributed by atoms with Crippen LogP contribution in [0.5, 0.6) is 11.5 Å². The highest BCUT2D eigenvalue weighted by Gasteiger charge is 2.11. The molecule has 2 N–H and O–H groups in total. The van der Waals surface area contributed by atoms with Gasteiger partial charge in [-0.3, -0.25) is 0 Å². The van der Waals surface area contributed by atoms with Crippen molar-refractivity contribution in [2.45, 2.75) is 25.5 Å². The summed E-state index contributed by atoms with van der Waals surface area (Å²) in [7, 11) is 1.63. The van der Waals surface area contributed by atoms with E-state index in [0.29, 0.717) is 17.5 Å². The van der Waals surface area contributed by atoms with E-state index in [2.05, 4.69) is 51.9 Å². The molecule has 0 aliphatic carbocycles. The second-order valence-corrected chi connectivity index (χ2v) is 7.85. The van der Waals surface area contributed by atoms with Crippen LogP contribution in [0.25, 0.3) is 0 Å². The summed E-state index contributed by atoms with van der Waals surface area (Å²) < 4.78 is 12.3. The van der Waals surface area contributed by atoms with Crippen molar-refractivity contribution in [2.24, 2.45) is 15.9 Å². The number of nitrogens with two attached hydrogens (primary N) is 1. The maximum atomic E-state index is 5.92. The second-order valence-electron chi connectivity index (χ2n) is 5.69. The molecular formula is C20H24IN3O2S. The zero-order valence-electron chi connectivity index (χ0n) is 15.5. The quantitative estimate of drug-likeness (QED) is 0.173. The lowest BCUT2D eigenvalue weighted by Crippen LogP contribution is -2.06. The van der Waals surface area contributed by atoms with Crippen molar-refractivity contribution >= 4 is 45.7 Å². The molecule has 0 saturated carbocycles. The zero-order chi connectivity index (χ0) is 19.5. The van der Waals surface area contributed by atoms with Gasteiger partial charge < -0.3 is 15.2 Å². The summed E-state index contributed by atoms with van der Waals surface area (Å²) >= 11 is 3.70. The Hall–Kier alpha value is -1.74. The Bertz CT molecular complexity index is 782. The number of rotatable bonds is 9. The minimum Gasteiger partial charge on any atom is -0.493 e. The molecule has 144 valence electrons. The molecule has 0 aliphatic rings. The van der Waals surface area contributed by atoms with Gasteiger partial charge in [-0.25, -0.2) is 0 Å². The van der Waals surface area contributed by atoms with E-state index in [1.54, 1.807) is 13.3 Å². The summed E-state index contributed by atoms with van der Waals surface area (Å²) in [6, 6.07) is 14.0. The number of unbranched alkanes of at least 4 members (excludes halogenated alkanes) is 1. The van der Waals surface area contributed by atoms with Gasteiger partial charge in [-0.05, 0) is 52.3 Å². The number of nitrogens with zero attached hydrogens (tertiary/aromatic N) is 2. The zero-order valence-corrected chi connectivity index (χ0v) is 18.5. The van der Waals surface area contributed by atoms with Gasteiger partial charge >= 0.3 is 0 Å². The molecule has 0 fully saturated rings. The average molecular weight is 497 g/mol. The predicted molar refractivity (Wildman–Crippen MR) is 123 cm³/mol. The number of thioether (sulfide) groups is 1. The molecule has 0 amide bonds. The average Bonchev–Trinajstić information content (AvgIpc) is 2.68. The number of ether oxygens (including phenoxy) is 2. The minimum absolute atomic E-state index is 0.427. The molecule has 2 rings (SSSR count). The van der Waals surface area contributed by atoms with Crippen LogP contribution >= 0.6 is 34.4 Å². The molecule has 0 atom stereocenters. The van der Waals surface area contributed by atoms with Crippen LogP contribution in [0.2, 0.25) is 0 Å². The van der Waals surface area contributed by atoms with Crippen molar-refractivity contribution in [3.8, 4) is 11.5 Å². The summed E-state index contributed by atoms with van der Waals surface area (Å²) in [5.41, 5.74) is 7.99. The van der Waals surface area contributed by atoms with E-state index < -0.39 is 0 Å². The van der Waals surface area contributed by atoms with Gasteiger partial charge in [0.05, 0.1) is 23.5 Å². The first-order valence-electron chi connectivity index (χ1n) is 8.67. The first-order chi connectivity index (χ1) is 13.1. The van der Waals surface area contributed by atoms with Crippen molar-refractivity contribution in [2.75, 3.05) is 13.7 Å². The highest BCUT2D eigenvalue weighted by atomic mass is 127. The Kier molecular flexibility index (Phi) is 9.47. The summed E-state index contributed by atoms with van der Waals surface area (Å²) in [6.45, 7) is 2.81. The van der Waals surface area contributed by atoms with Crippen LogP contribution < -0.4 is 15.2 Å². The lowest BCUT2D eigenvalue weighted by Gasteiger charge is -2.13. The number of amidine groups is 1. The summed E-state index contributed by atoms with van der Waals surface area (Å²) in [5.74, 6) is 2.22. The third-order valence-electron chi connectivity index (χ3n) is 3.59. The Labute approximate surface area is 178 Å². The van der Waals surface area contributed by atoms with Gasteiger partial charge in [0, 0.05) is 5.75 Å². The molecule has 2 aromatic carbocycles. The molecule has 0 aromatic heterocycles. The van der Waals surface area contributed by atoms with E-state index >= 15 is 0 Å². The van der Waals surface area contributed by atoms with E-state index in [9.17, 15) is 0 Å². The molecule has 0 heterocycles. The van der Waals surface area contributed by atoms with E-state index in [1.807, 2.05) is 30.3 Å². The van der Waals surface area contributed by atoms with Crippen molar-refractivity contribution < 1.29 is 9.47 Å². The molecule has 0 saturated heterocycles. The summed E-state index contributed by atoms with van der Waals surface area (Å²) in [4.78, 5) is 0. The smallest absolute Gasteiger partial charge is 0.180 e. The van der Waals surface area contributed by atoms with Crippen molar-refractivity contribution in [3.63, 3.8) is 0 Å². The lowest BCUT2D eigenvalue weighted by molar-refractivity contribution is 0.286. The van der Waals surface area contributed by atoms with E-state index in [0.717, 1.165) is 33.5 Å². The van der Waals surface area contributed by atoms with E-state index in [-0.39, 0.29) is 0 Å². The van der Waals surface area contributed by atoms with Crippen LogP contribution in [0.15, 0.2) is 52.7 Å². The van der Waals surface area contributed by atoms with Crippen molar-refractivity contribution in [1.82, 2.24) is 0 Å². The van der Waals surface area contributed by atoms with Crippen molar-refractivity contribution in [3.05, 3.63) is 57.2 Å². The topological polar surface area (TPSA) is 69.2 Å². The first-order valence-corrected chi connectivity index (χ1v) is 10.7. The number of benzene rings is 2. The van der Waals surface area contributed by atoms with Crippen LogP contribution in [0.3, 0.4) is 0 Å². The fourth-order valence-corrected chi connectivity index (χ4v) is 3.58. The second kappa shape index (κ2) is 11.9. The minimum atomic E-state index is 0.427. The third-order valence-corrected chi connectivity index (χ3v) is 5.25. The van der Waals surface area contributed by atoms with Gasteiger partial charge in [-0.1, -0.05) is 55.4 Å². The van der Waals surface area contributed by atoms with E-state index in [1.165, 1.54) is 17.3 Å². The van der Waals surface area contributed by atoms with Gasteiger partial charge in [-0.15, -0.1) is 5.10 Å². The van der Waals surface area contributed by atoms with Crippen LogP contribution in [-0.4, -0.2) is 25.1 Å². The van der Waals surface area contributed by atoms with Gasteiger partial charge in [0.1, 0.15) is 0 Å². The van der Waals surface area contributed by atoms with Crippen LogP contribution in [0.1, 0.15) is 30.9 Å². The lowest BCUT2D eigenvalue weighted by atomic mass is 10.2. The number of hydrogen-bond donors (Lipinski definition) is 1. The van der Waals surface area contributed by atoms with Gasteiger partial charge in [0.15, 0.2) is 16.7 Å². The fourth-order valence-electron chi connectivity index (χ4n) is 2.19. The SMILES string of the molecule is CCCCOc1c(I)cc(C=NN=C(N)SCc2ccccc2)cc1OC. The molecule has 0 spiro atoms. The van der Waals surface area contributed by atoms with Crippen molar-refractivity contribution in [1.29, 1.82) is 0 Å². The Morgan fingerprint density at radius 3 is 2.74 bits per heavy atom. The molecule has 0 bridgehead atoms. The number of methoxy groups -OCH3 is 1. The molecule has 0 radical (unpaired) electrons. The van der Waals surface area contributed by atoms with Crippen LogP contribution in [-0.2, 0) is 5.75 Å². The highest BCUT2D eigenvalue weighted by Crippen LogP contribution is 2.33.